The number of carbonyl (C=O) groups excluding carboxylic acids is 1. The molecule has 0 fully saturated rings. The highest BCUT2D eigenvalue weighted by Crippen LogP contribution is 2.13. The van der Waals surface area contributed by atoms with Crippen LogP contribution in [0.4, 0.5) is 0 Å². The molecule has 0 aliphatic rings. The van der Waals surface area contributed by atoms with Crippen molar-refractivity contribution in [2.75, 3.05) is 0 Å². The van der Waals surface area contributed by atoms with Crippen molar-refractivity contribution in [3.63, 3.8) is 0 Å². The molecule has 15 heavy (non-hydrogen) atoms. The zero-order chi connectivity index (χ0) is 10.8. The predicted octanol–water partition coefficient (Wildman–Crippen LogP) is 0.689. The number of aromatic nitrogens is 5. The van der Waals surface area contributed by atoms with Crippen LogP contribution < -0.4 is 0 Å². The molecule has 0 radical (unpaired) electrons. The molecule has 6 nitrogen and oxygen atoms in total. The van der Waals surface area contributed by atoms with E-state index in [0.29, 0.717) is 22.9 Å². The van der Waals surface area contributed by atoms with Crippen molar-refractivity contribution in [2.24, 2.45) is 0 Å². The van der Waals surface area contributed by atoms with Gasteiger partial charge in [0.25, 0.3) is 0 Å². The Hall–Kier alpha value is -1.63. The van der Waals surface area contributed by atoms with Gasteiger partial charge >= 0.3 is 0 Å². The third-order valence-corrected chi connectivity index (χ3v) is 2.80. The summed E-state index contributed by atoms with van der Waals surface area (Å²) in [6, 6.07) is 0. The lowest BCUT2D eigenvalue weighted by Crippen LogP contribution is -2.11. The van der Waals surface area contributed by atoms with Crippen LogP contribution >= 0.6 is 11.5 Å². The molecule has 0 unspecified atom stereocenters. The fourth-order valence-electron chi connectivity index (χ4n) is 1.21. The van der Waals surface area contributed by atoms with E-state index >= 15 is 0 Å². The Morgan fingerprint density at radius 1 is 1.60 bits per heavy atom. The Morgan fingerprint density at radius 3 is 3.00 bits per heavy atom. The summed E-state index contributed by atoms with van der Waals surface area (Å²) in [4.78, 5) is 16.4. The van der Waals surface area contributed by atoms with Gasteiger partial charge in [-0.2, -0.15) is 5.10 Å². The number of carbonyl (C=O) groups is 1. The van der Waals surface area contributed by atoms with Gasteiger partial charge in [-0.25, -0.2) is 9.67 Å². The van der Waals surface area contributed by atoms with E-state index in [4.69, 9.17) is 0 Å². The molecule has 0 N–H and O–H groups in total. The van der Waals surface area contributed by atoms with Gasteiger partial charge < -0.3 is 0 Å². The van der Waals surface area contributed by atoms with E-state index in [1.165, 1.54) is 6.33 Å². The lowest BCUT2D eigenvalue weighted by Gasteiger charge is -1.99. The zero-order valence-electron chi connectivity index (χ0n) is 8.34. The van der Waals surface area contributed by atoms with Crippen LogP contribution in [-0.4, -0.2) is 30.1 Å². The Balaban J connectivity index is 2.41. The van der Waals surface area contributed by atoms with Crippen molar-refractivity contribution in [2.45, 2.75) is 20.4 Å². The fourth-order valence-corrected chi connectivity index (χ4v) is 1.80. The van der Waals surface area contributed by atoms with Gasteiger partial charge in [-0.3, -0.25) is 4.79 Å². The quantitative estimate of drug-likeness (QED) is 0.716. The molecule has 0 bridgehead atoms. The van der Waals surface area contributed by atoms with E-state index in [9.17, 15) is 4.79 Å². The molecule has 2 rings (SSSR count). The lowest BCUT2D eigenvalue weighted by molar-refractivity contribution is 0.102. The maximum Gasteiger partial charge on any atom is 0.243 e. The monoisotopic (exact) mass is 223 g/mol. The van der Waals surface area contributed by atoms with Crippen molar-refractivity contribution in [1.29, 1.82) is 0 Å². The molecule has 0 saturated heterocycles. The normalized spacial score (nSPS) is 10.5. The Morgan fingerprint density at radius 2 is 2.40 bits per heavy atom. The first kappa shape index (κ1) is 9.91. The predicted molar refractivity (Wildman–Crippen MR) is 53.8 cm³/mol. The van der Waals surface area contributed by atoms with Crippen LogP contribution in [0.15, 0.2) is 6.33 Å². The number of hydrogen-bond donors (Lipinski definition) is 0. The van der Waals surface area contributed by atoms with E-state index in [0.717, 1.165) is 11.5 Å². The summed E-state index contributed by atoms with van der Waals surface area (Å²) in [5, 5.41) is 7.74. The third kappa shape index (κ3) is 1.65. The molecular formula is C8H9N5OS. The minimum Gasteiger partial charge on any atom is -0.284 e. The van der Waals surface area contributed by atoms with Crippen molar-refractivity contribution in [1.82, 2.24) is 24.4 Å². The van der Waals surface area contributed by atoms with Crippen LogP contribution in [0.3, 0.4) is 0 Å². The Bertz CT molecular complexity index is 489. The third-order valence-electron chi connectivity index (χ3n) is 1.98. The molecular weight excluding hydrogens is 214 g/mol. The summed E-state index contributed by atoms with van der Waals surface area (Å²) in [7, 11) is 0. The standard InChI is InChI=1S/C8H9N5OS/c1-3-13-8(9-4-10-13)6(14)7-5(2)11-12-15-7/h4H,3H2,1-2H3. The zero-order valence-corrected chi connectivity index (χ0v) is 9.15. The summed E-state index contributed by atoms with van der Waals surface area (Å²) >= 11 is 1.08. The summed E-state index contributed by atoms with van der Waals surface area (Å²) in [6.07, 6.45) is 1.38. The second-order valence-corrected chi connectivity index (χ2v) is 3.67. The molecule has 78 valence electrons. The second kappa shape index (κ2) is 3.85. The highest BCUT2D eigenvalue weighted by Gasteiger charge is 2.20. The molecule has 0 aromatic carbocycles. The minimum atomic E-state index is -0.165. The summed E-state index contributed by atoms with van der Waals surface area (Å²) in [6.45, 7) is 4.28. The molecule has 2 heterocycles. The lowest BCUT2D eigenvalue weighted by atomic mass is 10.2. The average Bonchev–Trinajstić information content (AvgIpc) is 2.84. The summed E-state index contributed by atoms with van der Waals surface area (Å²) in [5.74, 6) is 0.175. The minimum absolute atomic E-state index is 0.165. The van der Waals surface area contributed by atoms with Gasteiger partial charge in [0.05, 0.1) is 5.69 Å². The van der Waals surface area contributed by atoms with E-state index in [2.05, 4.69) is 19.7 Å². The molecule has 0 saturated carbocycles. The van der Waals surface area contributed by atoms with E-state index < -0.39 is 0 Å². The largest absolute Gasteiger partial charge is 0.284 e. The molecule has 0 aliphatic carbocycles. The topological polar surface area (TPSA) is 73.6 Å². The molecule has 2 aromatic heterocycles. The molecule has 0 amide bonds. The smallest absolute Gasteiger partial charge is 0.243 e. The fraction of sp³-hybridized carbons (Fsp3) is 0.375. The van der Waals surface area contributed by atoms with Crippen molar-refractivity contribution >= 4 is 17.3 Å². The second-order valence-electron chi connectivity index (χ2n) is 2.92. The van der Waals surface area contributed by atoms with Crippen LogP contribution in [0, 0.1) is 6.92 Å². The average molecular weight is 223 g/mol. The molecule has 0 atom stereocenters. The van der Waals surface area contributed by atoms with Gasteiger partial charge in [0.2, 0.25) is 11.6 Å². The number of hydrogen-bond acceptors (Lipinski definition) is 6. The first-order valence-electron chi connectivity index (χ1n) is 4.45. The van der Waals surface area contributed by atoms with Crippen LogP contribution in [0.1, 0.15) is 28.1 Å². The Labute approximate surface area is 90.1 Å². The van der Waals surface area contributed by atoms with Gasteiger partial charge in [-0.05, 0) is 25.4 Å². The van der Waals surface area contributed by atoms with Gasteiger partial charge in [-0.15, -0.1) is 5.10 Å². The van der Waals surface area contributed by atoms with Gasteiger partial charge in [-0.1, -0.05) is 4.49 Å². The molecule has 0 spiro atoms. The summed E-state index contributed by atoms with van der Waals surface area (Å²) in [5.41, 5.74) is 0.635. The van der Waals surface area contributed by atoms with Gasteiger partial charge in [0.1, 0.15) is 11.2 Å². The maximum absolute atomic E-state index is 12.0. The highest BCUT2D eigenvalue weighted by atomic mass is 32.1. The van der Waals surface area contributed by atoms with Crippen molar-refractivity contribution in [3.8, 4) is 0 Å². The number of nitrogens with zero attached hydrogens (tertiary/aromatic N) is 5. The molecule has 2 aromatic rings. The number of ketones is 1. The highest BCUT2D eigenvalue weighted by molar-refractivity contribution is 7.08. The first-order chi connectivity index (χ1) is 7.24. The molecule has 7 heteroatoms. The Kier molecular flexibility index (Phi) is 2.55. The van der Waals surface area contributed by atoms with Gasteiger partial charge in [0.15, 0.2) is 0 Å². The van der Waals surface area contributed by atoms with Crippen LogP contribution in [0.5, 0.6) is 0 Å². The number of aryl methyl sites for hydroxylation is 2. The van der Waals surface area contributed by atoms with E-state index in [1.807, 2.05) is 6.92 Å². The van der Waals surface area contributed by atoms with Gasteiger partial charge in [0, 0.05) is 6.54 Å². The van der Waals surface area contributed by atoms with Crippen LogP contribution in [0.25, 0.3) is 0 Å². The van der Waals surface area contributed by atoms with E-state index in [-0.39, 0.29) is 5.78 Å². The number of rotatable bonds is 3. The maximum atomic E-state index is 12.0. The molecule has 0 aliphatic heterocycles. The van der Waals surface area contributed by atoms with Crippen molar-refractivity contribution in [3.05, 3.63) is 22.7 Å². The van der Waals surface area contributed by atoms with Crippen molar-refractivity contribution < 1.29 is 4.79 Å². The first-order valence-corrected chi connectivity index (χ1v) is 5.22. The summed E-state index contributed by atoms with van der Waals surface area (Å²) < 4.78 is 5.28. The van der Waals surface area contributed by atoms with Crippen LogP contribution in [0.2, 0.25) is 0 Å². The van der Waals surface area contributed by atoms with E-state index in [1.54, 1.807) is 11.6 Å². The SMILES string of the molecule is CCn1ncnc1C(=O)c1snnc1C. The van der Waals surface area contributed by atoms with Crippen LogP contribution in [-0.2, 0) is 6.54 Å².